The van der Waals surface area contributed by atoms with Gasteiger partial charge in [0.2, 0.25) is 0 Å². The van der Waals surface area contributed by atoms with Gasteiger partial charge in [-0.25, -0.2) is 4.79 Å². The first kappa shape index (κ1) is 18.8. The van der Waals surface area contributed by atoms with E-state index in [-0.39, 0.29) is 18.3 Å². The van der Waals surface area contributed by atoms with Crippen LogP contribution in [0.15, 0.2) is 24.3 Å². The molecule has 23 heavy (non-hydrogen) atoms. The lowest BCUT2D eigenvalue weighted by molar-refractivity contribution is 0.0948. The summed E-state index contributed by atoms with van der Waals surface area (Å²) < 4.78 is 5.02. The summed E-state index contributed by atoms with van der Waals surface area (Å²) in [6.45, 7) is 2.56. The highest BCUT2D eigenvalue weighted by Gasteiger charge is 2.06. The van der Waals surface area contributed by atoms with E-state index in [1.807, 2.05) is 0 Å². The highest BCUT2D eigenvalue weighted by molar-refractivity contribution is 5.94. The molecule has 0 saturated carbocycles. The molecule has 6 heteroatoms. The number of phenolic OH excluding ortho intramolecular Hbond substituents is 1. The first-order valence-electron chi connectivity index (χ1n) is 8.11. The molecule has 0 aliphatic carbocycles. The number of rotatable bonds is 10. The molecule has 0 aliphatic rings. The second kappa shape index (κ2) is 11.3. The van der Waals surface area contributed by atoms with Crippen molar-refractivity contribution >= 4 is 12.0 Å². The first-order valence-corrected chi connectivity index (χ1v) is 8.11. The van der Waals surface area contributed by atoms with Gasteiger partial charge in [-0.3, -0.25) is 4.79 Å². The molecular weight excluding hydrogens is 296 g/mol. The average Bonchev–Trinajstić information content (AvgIpc) is 2.54. The minimum Gasteiger partial charge on any atom is -0.508 e. The Kier molecular flexibility index (Phi) is 9.28. The number of phenols is 1. The predicted molar refractivity (Wildman–Crippen MR) is 88.3 cm³/mol. The van der Waals surface area contributed by atoms with Crippen LogP contribution >= 0.6 is 0 Å². The third-order valence-corrected chi connectivity index (χ3v) is 3.34. The number of carbonyl (C=O) groups is 2. The Bertz CT molecular complexity index is 474. The Morgan fingerprint density at radius 2 is 1.65 bits per heavy atom. The van der Waals surface area contributed by atoms with E-state index in [0.29, 0.717) is 12.2 Å². The lowest BCUT2D eigenvalue weighted by Gasteiger charge is -2.08. The first-order chi connectivity index (χ1) is 11.1. The van der Waals surface area contributed by atoms with Crippen molar-refractivity contribution in [3.05, 3.63) is 29.8 Å². The quantitative estimate of drug-likeness (QED) is 0.456. The van der Waals surface area contributed by atoms with Crippen LogP contribution in [0, 0.1) is 0 Å². The SMILES string of the molecule is CCCCCCCCOC(=O)NCNC(=O)c1ccc(O)cc1. The smallest absolute Gasteiger partial charge is 0.408 e. The summed E-state index contributed by atoms with van der Waals surface area (Å²) >= 11 is 0. The monoisotopic (exact) mass is 322 g/mol. The van der Waals surface area contributed by atoms with Crippen molar-refractivity contribution in [2.45, 2.75) is 45.4 Å². The molecule has 1 rings (SSSR count). The number of unbranched alkanes of at least 4 members (excludes halogenated alkanes) is 5. The number of amides is 2. The average molecular weight is 322 g/mol. The zero-order valence-electron chi connectivity index (χ0n) is 13.6. The van der Waals surface area contributed by atoms with Gasteiger partial charge in [-0.15, -0.1) is 0 Å². The molecule has 0 atom stereocenters. The third-order valence-electron chi connectivity index (χ3n) is 3.34. The molecule has 2 amide bonds. The number of hydrogen-bond acceptors (Lipinski definition) is 4. The molecule has 0 aromatic heterocycles. The highest BCUT2D eigenvalue weighted by Crippen LogP contribution is 2.09. The normalized spacial score (nSPS) is 10.1. The minimum absolute atomic E-state index is 0.00492. The van der Waals surface area contributed by atoms with Crippen LogP contribution in [-0.2, 0) is 4.74 Å². The fourth-order valence-electron chi connectivity index (χ4n) is 2.01. The van der Waals surface area contributed by atoms with E-state index in [1.165, 1.54) is 49.9 Å². The van der Waals surface area contributed by atoms with Crippen molar-refractivity contribution in [3.8, 4) is 5.75 Å². The van der Waals surface area contributed by atoms with Gasteiger partial charge in [0.25, 0.3) is 5.91 Å². The number of hydrogen-bond donors (Lipinski definition) is 3. The molecule has 1 aromatic rings. The van der Waals surface area contributed by atoms with Gasteiger partial charge >= 0.3 is 6.09 Å². The molecule has 1 aromatic carbocycles. The van der Waals surface area contributed by atoms with Crippen LogP contribution in [0.5, 0.6) is 5.75 Å². The third kappa shape index (κ3) is 8.70. The number of benzene rings is 1. The molecule has 0 saturated heterocycles. The Balaban J connectivity index is 2.05. The van der Waals surface area contributed by atoms with Crippen molar-refractivity contribution in [3.63, 3.8) is 0 Å². The maximum Gasteiger partial charge on any atom is 0.408 e. The van der Waals surface area contributed by atoms with Crippen LogP contribution < -0.4 is 10.6 Å². The molecule has 0 radical (unpaired) electrons. The van der Waals surface area contributed by atoms with E-state index < -0.39 is 6.09 Å². The van der Waals surface area contributed by atoms with Gasteiger partial charge in [0.1, 0.15) is 5.75 Å². The van der Waals surface area contributed by atoms with E-state index in [0.717, 1.165) is 12.8 Å². The summed E-state index contributed by atoms with van der Waals surface area (Å²) in [4.78, 5) is 23.2. The van der Waals surface area contributed by atoms with Crippen LogP contribution in [0.2, 0.25) is 0 Å². The van der Waals surface area contributed by atoms with Crippen molar-refractivity contribution in [2.24, 2.45) is 0 Å². The molecular formula is C17H26N2O4. The molecule has 128 valence electrons. The molecule has 6 nitrogen and oxygen atoms in total. The summed E-state index contributed by atoms with van der Waals surface area (Å²) in [5.74, 6) is -0.237. The van der Waals surface area contributed by atoms with Crippen LogP contribution in [0.1, 0.15) is 55.8 Å². The molecule has 3 N–H and O–H groups in total. The topological polar surface area (TPSA) is 87.7 Å². The second-order valence-corrected chi connectivity index (χ2v) is 5.31. The summed E-state index contributed by atoms with van der Waals surface area (Å²) in [6.07, 6.45) is 6.25. The van der Waals surface area contributed by atoms with E-state index >= 15 is 0 Å². The van der Waals surface area contributed by atoms with Gasteiger partial charge in [0.15, 0.2) is 0 Å². The Morgan fingerprint density at radius 3 is 2.35 bits per heavy atom. The molecule has 0 unspecified atom stereocenters. The molecule has 0 spiro atoms. The fraction of sp³-hybridized carbons (Fsp3) is 0.529. The van der Waals surface area contributed by atoms with E-state index in [1.54, 1.807) is 0 Å². The molecule has 0 aliphatic heterocycles. The summed E-state index contributed by atoms with van der Waals surface area (Å²) in [5.41, 5.74) is 0.407. The lowest BCUT2D eigenvalue weighted by Crippen LogP contribution is -2.37. The highest BCUT2D eigenvalue weighted by atomic mass is 16.5. The molecule has 0 heterocycles. The van der Waals surface area contributed by atoms with Crippen molar-refractivity contribution in [1.82, 2.24) is 10.6 Å². The van der Waals surface area contributed by atoms with E-state index in [4.69, 9.17) is 9.84 Å². The van der Waals surface area contributed by atoms with Crippen LogP contribution in [0.25, 0.3) is 0 Å². The second-order valence-electron chi connectivity index (χ2n) is 5.31. The largest absolute Gasteiger partial charge is 0.508 e. The zero-order valence-corrected chi connectivity index (χ0v) is 13.6. The lowest BCUT2D eigenvalue weighted by atomic mass is 10.1. The van der Waals surface area contributed by atoms with Gasteiger partial charge in [-0.2, -0.15) is 0 Å². The van der Waals surface area contributed by atoms with Crippen LogP contribution in [0.4, 0.5) is 4.79 Å². The van der Waals surface area contributed by atoms with Gasteiger partial charge in [-0.1, -0.05) is 39.0 Å². The maximum atomic E-state index is 11.7. The van der Waals surface area contributed by atoms with Gasteiger partial charge in [0, 0.05) is 5.56 Å². The Hall–Kier alpha value is -2.24. The summed E-state index contributed by atoms with van der Waals surface area (Å²) in [7, 11) is 0. The van der Waals surface area contributed by atoms with Gasteiger partial charge in [-0.05, 0) is 30.7 Å². The predicted octanol–water partition coefficient (Wildman–Crippen LogP) is 3.17. The standard InChI is InChI=1S/C17H26N2O4/c1-2-3-4-5-6-7-12-23-17(22)19-13-18-16(21)14-8-10-15(20)11-9-14/h8-11,20H,2-7,12-13H2,1H3,(H,18,21)(H,19,22). The number of carbonyl (C=O) groups excluding carboxylic acids is 2. The Morgan fingerprint density at radius 1 is 1.00 bits per heavy atom. The summed E-state index contributed by atoms with van der Waals surface area (Å²) in [5, 5.41) is 14.2. The minimum atomic E-state index is -0.537. The van der Waals surface area contributed by atoms with Crippen LogP contribution in [-0.4, -0.2) is 30.4 Å². The number of ether oxygens (including phenoxy) is 1. The van der Waals surface area contributed by atoms with Gasteiger partial charge < -0.3 is 20.5 Å². The fourth-order valence-corrected chi connectivity index (χ4v) is 2.01. The molecule has 0 fully saturated rings. The van der Waals surface area contributed by atoms with E-state index in [2.05, 4.69) is 17.6 Å². The van der Waals surface area contributed by atoms with Crippen molar-refractivity contribution in [2.75, 3.05) is 13.3 Å². The molecule has 0 bridgehead atoms. The zero-order chi connectivity index (χ0) is 16.9. The van der Waals surface area contributed by atoms with E-state index in [9.17, 15) is 9.59 Å². The van der Waals surface area contributed by atoms with Crippen molar-refractivity contribution < 1.29 is 19.4 Å². The number of alkyl carbamates (subject to hydrolysis) is 1. The van der Waals surface area contributed by atoms with Crippen molar-refractivity contribution in [1.29, 1.82) is 0 Å². The van der Waals surface area contributed by atoms with Crippen LogP contribution in [0.3, 0.4) is 0 Å². The maximum absolute atomic E-state index is 11.7. The van der Waals surface area contributed by atoms with Gasteiger partial charge in [0.05, 0.1) is 13.3 Å². The number of nitrogens with one attached hydrogen (secondary N) is 2. The Labute approximate surface area is 137 Å². The summed E-state index contributed by atoms with van der Waals surface area (Å²) in [6, 6.07) is 5.86. The number of aromatic hydroxyl groups is 1.